The normalized spacial score (nSPS) is 22.3. The van der Waals surface area contributed by atoms with Crippen molar-refractivity contribution in [3.63, 3.8) is 0 Å². The molecule has 2 aromatic rings. The van der Waals surface area contributed by atoms with Gasteiger partial charge in [0.1, 0.15) is 0 Å². The summed E-state index contributed by atoms with van der Waals surface area (Å²) in [5.41, 5.74) is 2.36. The van der Waals surface area contributed by atoms with Crippen LogP contribution in [0.1, 0.15) is 17.0 Å². The minimum atomic E-state index is -0.695. The van der Waals surface area contributed by atoms with Gasteiger partial charge in [-0.3, -0.25) is 9.69 Å². The average Bonchev–Trinajstić information content (AvgIpc) is 2.93. The van der Waals surface area contributed by atoms with Crippen molar-refractivity contribution in [2.45, 2.75) is 12.5 Å². The first-order valence-corrected chi connectivity index (χ1v) is 7.28. The number of nitrogens with zero attached hydrogens (tertiary/aromatic N) is 1. The van der Waals surface area contributed by atoms with E-state index in [9.17, 15) is 9.90 Å². The first-order chi connectivity index (χ1) is 10.2. The van der Waals surface area contributed by atoms with Crippen molar-refractivity contribution in [1.29, 1.82) is 0 Å². The Labute approximate surface area is 124 Å². The van der Waals surface area contributed by atoms with Crippen LogP contribution in [0.3, 0.4) is 0 Å². The van der Waals surface area contributed by atoms with E-state index in [2.05, 4.69) is 17.0 Å². The topological polar surface area (TPSA) is 40.5 Å². The van der Waals surface area contributed by atoms with Crippen LogP contribution in [0.2, 0.25) is 0 Å². The number of aliphatic carboxylic acids is 1. The molecular formula is C18H19NO2. The standard InChI is InChI=1S/C18H19NO2/c20-18(21)17-13-19(11-14-7-3-1-4-8-14)12-16(17)15-9-5-2-6-10-15/h1-10,16-17H,11-13H2,(H,20,21)/t16-,17?/m1/s1. The summed E-state index contributed by atoms with van der Waals surface area (Å²) in [6.45, 7) is 2.23. The molecule has 0 spiro atoms. The Morgan fingerprint density at radius 3 is 2.24 bits per heavy atom. The summed E-state index contributed by atoms with van der Waals surface area (Å²) in [4.78, 5) is 13.8. The van der Waals surface area contributed by atoms with E-state index in [0.717, 1.165) is 18.7 Å². The van der Waals surface area contributed by atoms with E-state index in [1.54, 1.807) is 0 Å². The Morgan fingerprint density at radius 1 is 1.00 bits per heavy atom. The van der Waals surface area contributed by atoms with Gasteiger partial charge in [-0.15, -0.1) is 0 Å². The van der Waals surface area contributed by atoms with Crippen LogP contribution < -0.4 is 0 Å². The minimum Gasteiger partial charge on any atom is -0.481 e. The summed E-state index contributed by atoms with van der Waals surface area (Å²) < 4.78 is 0. The summed E-state index contributed by atoms with van der Waals surface area (Å²) in [5.74, 6) is -0.942. The molecule has 21 heavy (non-hydrogen) atoms. The third kappa shape index (κ3) is 3.14. The van der Waals surface area contributed by atoms with Crippen LogP contribution in [-0.4, -0.2) is 29.1 Å². The maximum atomic E-state index is 11.6. The van der Waals surface area contributed by atoms with Gasteiger partial charge in [0.25, 0.3) is 0 Å². The molecule has 1 aliphatic heterocycles. The van der Waals surface area contributed by atoms with Crippen molar-refractivity contribution in [1.82, 2.24) is 4.90 Å². The summed E-state index contributed by atoms with van der Waals surface area (Å²) >= 11 is 0. The third-order valence-electron chi connectivity index (χ3n) is 4.19. The van der Waals surface area contributed by atoms with Crippen LogP contribution in [0, 0.1) is 5.92 Å². The lowest BCUT2D eigenvalue weighted by Crippen LogP contribution is -2.23. The number of rotatable bonds is 4. The maximum absolute atomic E-state index is 11.6. The fourth-order valence-electron chi connectivity index (χ4n) is 3.14. The molecule has 1 aliphatic rings. The molecule has 2 aromatic carbocycles. The van der Waals surface area contributed by atoms with E-state index in [0.29, 0.717) is 6.54 Å². The van der Waals surface area contributed by atoms with Crippen molar-refractivity contribution < 1.29 is 9.90 Å². The molecule has 1 heterocycles. The molecule has 0 saturated carbocycles. The van der Waals surface area contributed by atoms with Crippen LogP contribution in [0.4, 0.5) is 0 Å². The predicted molar refractivity (Wildman–Crippen MR) is 82.0 cm³/mol. The van der Waals surface area contributed by atoms with E-state index < -0.39 is 5.97 Å². The molecule has 3 heteroatoms. The molecule has 3 rings (SSSR count). The van der Waals surface area contributed by atoms with E-state index in [1.165, 1.54) is 5.56 Å². The lowest BCUT2D eigenvalue weighted by atomic mass is 9.89. The Bertz CT molecular complexity index is 597. The molecule has 1 saturated heterocycles. The largest absolute Gasteiger partial charge is 0.481 e. The van der Waals surface area contributed by atoms with Gasteiger partial charge in [0, 0.05) is 25.6 Å². The smallest absolute Gasteiger partial charge is 0.308 e. The minimum absolute atomic E-state index is 0.0763. The molecular weight excluding hydrogens is 262 g/mol. The predicted octanol–water partition coefficient (Wildman–Crippen LogP) is 2.99. The van der Waals surface area contributed by atoms with Crippen molar-refractivity contribution in [3.8, 4) is 0 Å². The van der Waals surface area contributed by atoms with Crippen molar-refractivity contribution in [2.24, 2.45) is 5.92 Å². The second-order valence-corrected chi connectivity index (χ2v) is 5.64. The van der Waals surface area contributed by atoms with Gasteiger partial charge in [0.2, 0.25) is 0 Å². The zero-order chi connectivity index (χ0) is 14.7. The highest BCUT2D eigenvalue weighted by Gasteiger charge is 2.38. The molecule has 0 radical (unpaired) electrons. The van der Waals surface area contributed by atoms with E-state index in [1.807, 2.05) is 48.5 Å². The Morgan fingerprint density at radius 2 is 1.62 bits per heavy atom. The van der Waals surface area contributed by atoms with Gasteiger partial charge in [-0.05, 0) is 11.1 Å². The zero-order valence-corrected chi connectivity index (χ0v) is 11.9. The van der Waals surface area contributed by atoms with Crippen molar-refractivity contribution in [2.75, 3.05) is 13.1 Å². The summed E-state index contributed by atoms with van der Waals surface area (Å²) in [5, 5.41) is 9.50. The van der Waals surface area contributed by atoms with Crippen LogP contribution >= 0.6 is 0 Å². The van der Waals surface area contributed by atoms with Gasteiger partial charge in [0.05, 0.1) is 5.92 Å². The van der Waals surface area contributed by atoms with Gasteiger partial charge < -0.3 is 5.11 Å². The SMILES string of the molecule is O=C(O)C1CN(Cc2ccccc2)C[C@@H]1c1ccccc1. The summed E-state index contributed by atoms with van der Waals surface area (Å²) in [6, 6.07) is 20.2. The number of carbonyl (C=O) groups is 1. The van der Waals surface area contributed by atoms with Crippen molar-refractivity contribution in [3.05, 3.63) is 71.8 Å². The number of benzene rings is 2. The number of carboxylic acid groups (broad SMARTS) is 1. The highest BCUT2D eigenvalue weighted by molar-refractivity contribution is 5.72. The zero-order valence-electron chi connectivity index (χ0n) is 11.9. The molecule has 0 amide bonds. The number of carboxylic acids is 1. The van der Waals surface area contributed by atoms with Crippen molar-refractivity contribution >= 4 is 5.97 Å². The lowest BCUT2D eigenvalue weighted by molar-refractivity contribution is -0.141. The monoisotopic (exact) mass is 281 g/mol. The molecule has 0 bridgehead atoms. The van der Waals surface area contributed by atoms with Crippen LogP contribution in [0.15, 0.2) is 60.7 Å². The second kappa shape index (κ2) is 6.10. The van der Waals surface area contributed by atoms with E-state index >= 15 is 0 Å². The molecule has 0 aliphatic carbocycles. The summed E-state index contributed by atoms with van der Waals surface area (Å²) in [6.07, 6.45) is 0. The fourth-order valence-corrected chi connectivity index (χ4v) is 3.14. The molecule has 108 valence electrons. The average molecular weight is 281 g/mol. The first kappa shape index (κ1) is 13.8. The first-order valence-electron chi connectivity index (χ1n) is 7.28. The molecule has 1 unspecified atom stereocenters. The molecule has 3 nitrogen and oxygen atoms in total. The van der Waals surface area contributed by atoms with Gasteiger partial charge >= 0.3 is 5.97 Å². The Kier molecular flexibility index (Phi) is 4.02. The van der Waals surface area contributed by atoms with Gasteiger partial charge in [-0.2, -0.15) is 0 Å². The number of likely N-dealkylation sites (tertiary alicyclic amines) is 1. The van der Waals surface area contributed by atoms with E-state index in [-0.39, 0.29) is 11.8 Å². The Balaban J connectivity index is 1.77. The van der Waals surface area contributed by atoms with Gasteiger partial charge in [0.15, 0.2) is 0 Å². The van der Waals surface area contributed by atoms with Crippen LogP contribution in [-0.2, 0) is 11.3 Å². The Hall–Kier alpha value is -2.13. The maximum Gasteiger partial charge on any atom is 0.308 e. The van der Waals surface area contributed by atoms with Gasteiger partial charge in [-0.1, -0.05) is 60.7 Å². The summed E-state index contributed by atoms with van der Waals surface area (Å²) in [7, 11) is 0. The molecule has 1 fully saturated rings. The fraction of sp³-hybridized carbons (Fsp3) is 0.278. The number of hydrogen-bond donors (Lipinski definition) is 1. The second-order valence-electron chi connectivity index (χ2n) is 5.64. The number of hydrogen-bond acceptors (Lipinski definition) is 2. The molecule has 0 aromatic heterocycles. The van der Waals surface area contributed by atoms with Gasteiger partial charge in [-0.25, -0.2) is 0 Å². The van der Waals surface area contributed by atoms with Crippen LogP contribution in [0.5, 0.6) is 0 Å². The molecule has 1 N–H and O–H groups in total. The third-order valence-corrected chi connectivity index (χ3v) is 4.19. The highest BCUT2D eigenvalue weighted by atomic mass is 16.4. The molecule has 2 atom stereocenters. The quantitative estimate of drug-likeness (QED) is 0.936. The van der Waals surface area contributed by atoms with Crippen LogP contribution in [0.25, 0.3) is 0 Å². The highest BCUT2D eigenvalue weighted by Crippen LogP contribution is 2.33. The van der Waals surface area contributed by atoms with E-state index in [4.69, 9.17) is 0 Å². The lowest BCUT2D eigenvalue weighted by Gasteiger charge is -2.16.